The van der Waals surface area contributed by atoms with E-state index in [1.165, 1.54) is 0 Å². The number of carboxylic acid groups (broad SMARTS) is 1. The minimum Gasteiger partial charge on any atom is -0.481 e. The highest BCUT2D eigenvalue weighted by Gasteiger charge is 2.30. The van der Waals surface area contributed by atoms with Crippen molar-refractivity contribution in [3.63, 3.8) is 0 Å². The molecular formula is C13H22N2O4. The van der Waals surface area contributed by atoms with Gasteiger partial charge in [0.2, 0.25) is 11.8 Å². The van der Waals surface area contributed by atoms with E-state index in [0.717, 1.165) is 6.42 Å². The maximum Gasteiger partial charge on any atom is 0.306 e. The van der Waals surface area contributed by atoms with Crippen molar-refractivity contribution < 1.29 is 19.5 Å². The molecule has 2 amide bonds. The number of aliphatic carboxylic acids is 1. The van der Waals surface area contributed by atoms with Gasteiger partial charge in [0.25, 0.3) is 0 Å². The van der Waals surface area contributed by atoms with Gasteiger partial charge in [0.1, 0.15) is 0 Å². The van der Waals surface area contributed by atoms with Crippen molar-refractivity contribution in [2.45, 2.75) is 51.5 Å². The Kier molecular flexibility index (Phi) is 6.32. The van der Waals surface area contributed by atoms with Gasteiger partial charge in [0.05, 0.1) is 5.92 Å². The van der Waals surface area contributed by atoms with Crippen molar-refractivity contribution in [2.75, 3.05) is 6.54 Å². The van der Waals surface area contributed by atoms with Gasteiger partial charge in [0.15, 0.2) is 0 Å². The zero-order valence-corrected chi connectivity index (χ0v) is 11.3. The number of hydrogen-bond donors (Lipinski definition) is 3. The highest BCUT2D eigenvalue weighted by atomic mass is 16.4. The maximum absolute atomic E-state index is 11.6. The summed E-state index contributed by atoms with van der Waals surface area (Å²) in [6.07, 6.45) is 3.01. The molecule has 19 heavy (non-hydrogen) atoms. The van der Waals surface area contributed by atoms with Crippen LogP contribution in [0, 0.1) is 5.92 Å². The molecule has 3 N–H and O–H groups in total. The van der Waals surface area contributed by atoms with Crippen molar-refractivity contribution in [1.29, 1.82) is 0 Å². The summed E-state index contributed by atoms with van der Waals surface area (Å²) in [6, 6.07) is -0.0627. The van der Waals surface area contributed by atoms with E-state index < -0.39 is 5.97 Å². The van der Waals surface area contributed by atoms with E-state index in [9.17, 15) is 14.4 Å². The second-order valence-corrected chi connectivity index (χ2v) is 4.96. The fourth-order valence-corrected chi connectivity index (χ4v) is 2.22. The molecule has 1 rings (SSSR count). The fourth-order valence-electron chi connectivity index (χ4n) is 2.22. The lowest BCUT2D eigenvalue weighted by Gasteiger charge is -2.12. The molecule has 1 fully saturated rings. The Hall–Kier alpha value is -1.59. The number of rotatable bonds is 7. The van der Waals surface area contributed by atoms with Crippen molar-refractivity contribution in [3.05, 3.63) is 0 Å². The molecule has 0 spiro atoms. The molecule has 0 aromatic rings. The summed E-state index contributed by atoms with van der Waals surface area (Å²) in [5.41, 5.74) is 0. The lowest BCUT2D eigenvalue weighted by atomic mass is 10.1. The average Bonchev–Trinajstić information content (AvgIpc) is 2.82. The quantitative estimate of drug-likeness (QED) is 0.633. The van der Waals surface area contributed by atoms with Gasteiger partial charge in [-0.1, -0.05) is 6.92 Å². The largest absolute Gasteiger partial charge is 0.481 e. The van der Waals surface area contributed by atoms with Crippen LogP contribution in [0.3, 0.4) is 0 Å². The molecule has 0 heterocycles. The highest BCUT2D eigenvalue weighted by molar-refractivity contribution is 5.83. The zero-order chi connectivity index (χ0) is 14.3. The second-order valence-electron chi connectivity index (χ2n) is 4.96. The Labute approximate surface area is 112 Å². The molecule has 0 saturated heterocycles. The topological polar surface area (TPSA) is 95.5 Å². The van der Waals surface area contributed by atoms with Gasteiger partial charge in [-0.3, -0.25) is 14.4 Å². The fraction of sp³-hybridized carbons (Fsp3) is 0.769. The van der Waals surface area contributed by atoms with Crippen LogP contribution in [0.25, 0.3) is 0 Å². The standard InChI is InChI=1S/C13H22N2O4/c1-2-7-14-11(16)5-6-12(17)15-10-4-3-9(8-10)13(18)19/h9-10H,2-8H2,1H3,(H,14,16)(H,15,17)(H,18,19)/t9-,10+/m1/s1. The van der Waals surface area contributed by atoms with Crippen LogP contribution in [-0.2, 0) is 14.4 Å². The van der Waals surface area contributed by atoms with E-state index in [0.29, 0.717) is 25.8 Å². The number of hydrogen-bond acceptors (Lipinski definition) is 3. The summed E-state index contributed by atoms with van der Waals surface area (Å²) in [5, 5.41) is 14.4. The molecule has 6 nitrogen and oxygen atoms in total. The number of amides is 2. The van der Waals surface area contributed by atoms with Gasteiger partial charge < -0.3 is 15.7 Å². The summed E-state index contributed by atoms with van der Waals surface area (Å²) >= 11 is 0. The molecule has 1 aliphatic carbocycles. The van der Waals surface area contributed by atoms with Gasteiger partial charge in [-0.25, -0.2) is 0 Å². The van der Waals surface area contributed by atoms with E-state index in [1.54, 1.807) is 0 Å². The monoisotopic (exact) mass is 270 g/mol. The maximum atomic E-state index is 11.6. The van der Waals surface area contributed by atoms with Crippen LogP contribution in [0.1, 0.15) is 45.4 Å². The molecular weight excluding hydrogens is 248 g/mol. The van der Waals surface area contributed by atoms with Gasteiger partial charge in [-0.15, -0.1) is 0 Å². The molecule has 6 heteroatoms. The van der Waals surface area contributed by atoms with E-state index in [-0.39, 0.29) is 36.6 Å². The Balaban J connectivity index is 2.18. The number of carboxylic acids is 1. The van der Waals surface area contributed by atoms with Crippen molar-refractivity contribution in [1.82, 2.24) is 10.6 Å². The number of carbonyl (C=O) groups is 3. The summed E-state index contributed by atoms with van der Waals surface area (Å²) < 4.78 is 0. The summed E-state index contributed by atoms with van der Waals surface area (Å²) in [7, 11) is 0. The van der Waals surface area contributed by atoms with Crippen LogP contribution in [0.4, 0.5) is 0 Å². The van der Waals surface area contributed by atoms with Crippen LogP contribution < -0.4 is 10.6 Å². The molecule has 0 aromatic carbocycles. The van der Waals surface area contributed by atoms with Crippen molar-refractivity contribution in [2.24, 2.45) is 5.92 Å². The van der Waals surface area contributed by atoms with Crippen LogP contribution in [0.2, 0.25) is 0 Å². The molecule has 0 radical (unpaired) electrons. The van der Waals surface area contributed by atoms with Crippen LogP contribution >= 0.6 is 0 Å². The van der Waals surface area contributed by atoms with E-state index in [1.807, 2.05) is 6.92 Å². The molecule has 1 saturated carbocycles. The van der Waals surface area contributed by atoms with Crippen LogP contribution in [0.5, 0.6) is 0 Å². The second kappa shape index (κ2) is 7.76. The predicted molar refractivity (Wildman–Crippen MR) is 69.4 cm³/mol. The van der Waals surface area contributed by atoms with Crippen molar-refractivity contribution in [3.8, 4) is 0 Å². The zero-order valence-electron chi connectivity index (χ0n) is 11.3. The molecule has 108 valence electrons. The van der Waals surface area contributed by atoms with Gasteiger partial charge in [-0.05, 0) is 25.7 Å². The minimum atomic E-state index is -0.796. The van der Waals surface area contributed by atoms with Crippen molar-refractivity contribution >= 4 is 17.8 Å². The molecule has 0 aromatic heterocycles. The van der Waals surface area contributed by atoms with Crippen LogP contribution in [-0.4, -0.2) is 35.5 Å². The lowest BCUT2D eigenvalue weighted by Crippen LogP contribution is -2.34. The Morgan fingerprint density at radius 3 is 2.42 bits per heavy atom. The molecule has 2 atom stereocenters. The summed E-state index contributed by atoms with van der Waals surface area (Å²) in [6.45, 7) is 2.59. The van der Waals surface area contributed by atoms with E-state index in [4.69, 9.17) is 5.11 Å². The first-order chi connectivity index (χ1) is 9.02. The summed E-state index contributed by atoms with van der Waals surface area (Å²) in [5.74, 6) is -1.44. The summed E-state index contributed by atoms with van der Waals surface area (Å²) in [4.78, 5) is 33.7. The van der Waals surface area contributed by atoms with Gasteiger partial charge in [0, 0.05) is 25.4 Å². The number of nitrogens with one attached hydrogen (secondary N) is 2. The molecule has 1 aliphatic rings. The predicted octanol–water partition coefficient (Wildman–Crippen LogP) is 0.662. The Morgan fingerprint density at radius 2 is 1.84 bits per heavy atom. The van der Waals surface area contributed by atoms with Gasteiger partial charge in [-0.2, -0.15) is 0 Å². The first-order valence-corrected chi connectivity index (χ1v) is 6.81. The van der Waals surface area contributed by atoms with E-state index >= 15 is 0 Å². The first kappa shape index (κ1) is 15.5. The first-order valence-electron chi connectivity index (χ1n) is 6.81. The van der Waals surface area contributed by atoms with E-state index in [2.05, 4.69) is 10.6 Å². The third kappa shape index (κ3) is 5.72. The smallest absolute Gasteiger partial charge is 0.306 e. The normalized spacial score (nSPS) is 21.9. The third-order valence-electron chi connectivity index (χ3n) is 3.30. The lowest BCUT2D eigenvalue weighted by molar-refractivity contribution is -0.141. The Bertz CT molecular complexity index is 344. The third-order valence-corrected chi connectivity index (χ3v) is 3.30. The minimum absolute atomic E-state index is 0.0627. The van der Waals surface area contributed by atoms with Crippen LogP contribution in [0.15, 0.2) is 0 Å². The van der Waals surface area contributed by atoms with Gasteiger partial charge >= 0.3 is 5.97 Å². The average molecular weight is 270 g/mol. The SMILES string of the molecule is CCCNC(=O)CCC(=O)N[C@H]1CC[C@@H](C(=O)O)C1. The molecule has 0 bridgehead atoms. The Morgan fingerprint density at radius 1 is 1.16 bits per heavy atom. The molecule has 0 aliphatic heterocycles. The molecule has 0 unspecified atom stereocenters. The number of carbonyl (C=O) groups excluding carboxylic acids is 2. The highest BCUT2D eigenvalue weighted by Crippen LogP contribution is 2.25.